The Balaban J connectivity index is 1.43. The van der Waals surface area contributed by atoms with Crippen LogP contribution in [-0.4, -0.2) is 5.16 Å². The molecular formula is C31H47NO. The molecule has 0 radical (unpaired) electrons. The van der Waals surface area contributed by atoms with E-state index in [1.165, 1.54) is 56.9 Å². The van der Waals surface area contributed by atoms with Gasteiger partial charge in [0.05, 0.1) is 6.20 Å². The molecule has 182 valence electrons. The minimum atomic E-state index is -0.0249. The van der Waals surface area contributed by atoms with Crippen molar-refractivity contribution in [2.75, 3.05) is 0 Å². The van der Waals surface area contributed by atoms with Gasteiger partial charge in [-0.05, 0) is 116 Å². The second kappa shape index (κ2) is 6.38. The SMILES string of the molecule is CC1(C)CC[C@]2(C)CC[C@]3(C)[C@H]4CC=C5[C@@H](Cc6cnoc6C5(C)C)[C@]4(C)CC[C@@]3(C)[C@@H]2C1. The van der Waals surface area contributed by atoms with Crippen LogP contribution in [-0.2, 0) is 11.8 Å². The third-order valence-electron chi connectivity index (χ3n) is 13.1. The Labute approximate surface area is 202 Å². The number of fused-ring (bicyclic) bond motifs is 8. The largest absolute Gasteiger partial charge is 0.360 e. The molecule has 0 unspecified atom stereocenters. The molecule has 5 aliphatic rings. The molecule has 1 aromatic rings. The predicted octanol–water partition coefficient (Wildman–Crippen LogP) is 8.51. The maximum absolute atomic E-state index is 5.81. The quantitative estimate of drug-likeness (QED) is 0.371. The van der Waals surface area contributed by atoms with E-state index in [0.717, 1.165) is 24.0 Å². The van der Waals surface area contributed by atoms with E-state index in [2.05, 4.69) is 66.6 Å². The standard InChI is InChI=1S/C31H47NO/c1-26(2)11-12-28(5)13-15-30(7)23-10-9-21-22(17-20-19-32-33-25(20)27(21,3)4)29(23,6)14-16-31(30,8)24(28)18-26/h9,19,22-24H,10-18H2,1-8H3/t22-,23+,24-,28-,29+,30-,31+/m1/s1. The van der Waals surface area contributed by atoms with Gasteiger partial charge in [-0.3, -0.25) is 0 Å². The van der Waals surface area contributed by atoms with Crippen molar-refractivity contribution in [3.63, 3.8) is 0 Å². The van der Waals surface area contributed by atoms with Gasteiger partial charge in [0.15, 0.2) is 0 Å². The summed E-state index contributed by atoms with van der Waals surface area (Å²) < 4.78 is 5.81. The summed E-state index contributed by atoms with van der Waals surface area (Å²) in [5, 5.41) is 4.24. The normalized spacial score (nSPS) is 49.6. The van der Waals surface area contributed by atoms with Gasteiger partial charge in [0, 0.05) is 11.0 Å². The molecule has 0 N–H and O–H groups in total. The van der Waals surface area contributed by atoms with Crippen LogP contribution in [0.1, 0.15) is 118 Å². The molecule has 2 heteroatoms. The molecule has 0 bridgehead atoms. The fraction of sp³-hybridized carbons (Fsp3) is 0.839. The molecule has 0 spiro atoms. The smallest absolute Gasteiger partial charge is 0.149 e. The Morgan fingerprint density at radius 2 is 1.48 bits per heavy atom. The predicted molar refractivity (Wildman–Crippen MR) is 135 cm³/mol. The van der Waals surface area contributed by atoms with Gasteiger partial charge in [-0.2, -0.15) is 0 Å². The van der Waals surface area contributed by atoms with Crippen LogP contribution in [0.2, 0.25) is 0 Å². The third-order valence-corrected chi connectivity index (χ3v) is 13.1. The van der Waals surface area contributed by atoms with Crippen molar-refractivity contribution >= 4 is 0 Å². The molecule has 2 nitrogen and oxygen atoms in total. The Kier molecular flexibility index (Phi) is 4.34. The number of aromatic nitrogens is 1. The highest BCUT2D eigenvalue weighted by Gasteiger charge is 2.69. The van der Waals surface area contributed by atoms with Crippen LogP contribution < -0.4 is 0 Å². The maximum atomic E-state index is 5.81. The molecule has 1 heterocycles. The van der Waals surface area contributed by atoms with Gasteiger partial charge in [0.25, 0.3) is 0 Å². The highest BCUT2D eigenvalue weighted by atomic mass is 16.5. The van der Waals surface area contributed by atoms with Crippen molar-refractivity contribution < 1.29 is 4.52 Å². The summed E-state index contributed by atoms with van der Waals surface area (Å²) in [5.41, 5.74) is 5.32. The first-order valence-electron chi connectivity index (χ1n) is 13.9. The van der Waals surface area contributed by atoms with E-state index in [4.69, 9.17) is 4.52 Å². The van der Waals surface area contributed by atoms with Gasteiger partial charge in [-0.25, -0.2) is 0 Å². The minimum absolute atomic E-state index is 0.0249. The van der Waals surface area contributed by atoms with Crippen molar-refractivity contribution in [2.24, 2.45) is 44.8 Å². The number of nitrogens with zero attached hydrogens (tertiary/aromatic N) is 1. The molecule has 33 heavy (non-hydrogen) atoms. The molecular weight excluding hydrogens is 402 g/mol. The lowest BCUT2D eigenvalue weighted by Gasteiger charge is -2.73. The summed E-state index contributed by atoms with van der Waals surface area (Å²) in [5.74, 6) is 3.41. The third kappa shape index (κ3) is 2.65. The van der Waals surface area contributed by atoms with E-state index >= 15 is 0 Å². The van der Waals surface area contributed by atoms with Gasteiger partial charge < -0.3 is 4.52 Å². The summed E-state index contributed by atoms with van der Waals surface area (Å²) in [4.78, 5) is 0. The molecule has 0 aliphatic heterocycles. The van der Waals surface area contributed by atoms with Crippen LogP contribution in [0.4, 0.5) is 0 Å². The first-order valence-corrected chi connectivity index (χ1v) is 13.9. The maximum Gasteiger partial charge on any atom is 0.149 e. The van der Waals surface area contributed by atoms with Crippen LogP contribution in [0.3, 0.4) is 0 Å². The van der Waals surface area contributed by atoms with Crippen LogP contribution in [0.15, 0.2) is 22.4 Å². The van der Waals surface area contributed by atoms with Gasteiger partial charge in [0.2, 0.25) is 0 Å². The lowest BCUT2D eigenvalue weighted by atomic mass is 9.32. The summed E-state index contributed by atoms with van der Waals surface area (Å²) in [6.07, 6.45) is 17.0. The van der Waals surface area contributed by atoms with E-state index in [9.17, 15) is 0 Å². The Hall–Kier alpha value is -1.05. The van der Waals surface area contributed by atoms with Gasteiger partial charge in [-0.1, -0.05) is 58.3 Å². The zero-order valence-corrected chi connectivity index (χ0v) is 22.6. The Morgan fingerprint density at radius 3 is 2.24 bits per heavy atom. The zero-order chi connectivity index (χ0) is 23.7. The Bertz CT molecular complexity index is 1010. The molecule has 0 aromatic carbocycles. The molecule has 1 aromatic heterocycles. The van der Waals surface area contributed by atoms with Gasteiger partial charge >= 0.3 is 0 Å². The van der Waals surface area contributed by atoms with Crippen molar-refractivity contribution in [1.82, 2.24) is 5.16 Å². The number of rotatable bonds is 0. The molecule has 0 saturated heterocycles. The Morgan fingerprint density at radius 1 is 0.818 bits per heavy atom. The number of allylic oxidation sites excluding steroid dienone is 2. The summed E-state index contributed by atoms with van der Waals surface area (Å²) >= 11 is 0. The number of hydrogen-bond acceptors (Lipinski definition) is 2. The fourth-order valence-electron chi connectivity index (χ4n) is 10.7. The van der Waals surface area contributed by atoms with Crippen molar-refractivity contribution in [2.45, 2.75) is 119 Å². The summed E-state index contributed by atoms with van der Waals surface area (Å²) in [6.45, 7) is 20.7. The molecule has 6 rings (SSSR count). The molecule has 0 amide bonds. The lowest BCUT2D eigenvalue weighted by molar-refractivity contribution is -0.228. The first kappa shape index (κ1) is 22.4. The number of hydrogen-bond donors (Lipinski definition) is 0. The van der Waals surface area contributed by atoms with E-state index in [-0.39, 0.29) is 5.41 Å². The highest BCUT2D eigenvalue weighted by molar-refractivity contribution is 5.43. The van der Waals surface area contributed by atoms with Crippen molar-refractivity contribution in [1.29, 1.82) is 0 Å². The highest BCUT2D eigenvalue weighted by Crippen LogP contribution is 2.76. The van der Waals surface area contributed by atoms with E-state index < -0.39 is 0 Å². The fourth-order valence-corrected chi connectivity index (χ4v) is 10.7. The van der Waals surface area contributed by atoms with Crippen molar-refractivity contribution in [3.05, 3.63) is 29.2 Å². The topological polar surface area (TPSA) is 26.0 Å². The first-order chi connectivity index (χ1) is 15.3. The van der Waals surface area contributed by atoms with E-state index in [0.29, 0.717) is 33.0 Å². The summed E-state index contributed by atoms with van der Waals surface area (Å²) in [7, 11) is 0. The second-order valence-corrected chi connectivity index (χ2v) is 15.4. The van der Waals surface area contributed by atoms with Crippen LogP contribution in [0.25, 0.3) is 0 Å². The van der Waals surface area contributed by atoms with Crippen molar-refractivity contribution in [3.8, 4) is 0 Å². The molecule has 3 saturated carbocycles. The average molecular weight is 450 g/mol. The second-order valence-electron chi connectivity index (χ2n) is 15.4. The van der Waals surface area contributed by atoms with Crippen LogP contribution in [0.5, 0.6) is 0 Å². The zero-order valence-electron chi connectivity index (χ0n) is 22.6. The lowest BCUT2D eigenvalue weighted by Crippen LogP contribution is -2.65. The van der Waals surface area contributed by atoms with Gasteiger partial charge in [-0.15, -0.1) is 0 Å². The molecule has 7 atom stereocenters. The molecule has 5 aliphatic carbocycles. The minimum Gasteiger partial charge on any atom is -0.360 e. The van der Waals surface area contributed by atoms with Gasteiger partial charge in [0.1, 0.15) is 5.76 Å². The van der Waals surface area contributed by atoms with Crippen LogP contribution in [0, 0.1) is 44.8 Å². The molecule has 3 fully saturated rings. The summed E-state index contributed by atoms with van der Waals surface area (Å²) in [6, 6.07) is 0. The van der Waals surface area contributed by atoms with Crippen LogP contribution >= 0.6 is 0 Å². The van der Waals surface area contributed by atoms with E-state index in [1.54, 1.807) is 5.57 Å². The van der Waals surface area contributed by atoms with E-state index in [1.807, 2.05) is 6.20 Å². The monoisotopic (exact) mass is 449 g/mol. The average Bonchev–Trinajstić information content (AvgIpc) is 3.22.